The van der Waals surface area contributed by atoms with E-state index in [1.54, 1.807) is 6.92 Å². The van der Waals surface area contributed by atoms with Crippen molar-refractivity contribution in [1.82, 2.24) is 19.5 Å². The number of rotatable bonds is 3. The highest BCUT2D eigenvalue weighted by molar-refractivity contribution is 9.10. The summed E-state index contributed by atoms with van der Waals surface area (Å²) in [5, 5.41) is 2.55. The Kier molecular flexibility index (Phi) is 4.18. The van der Waals surface area contributed by atoms with Crippen LogP contribution in [0.2, 0.25) is 0 Å². The number of aryl methyl sites for hydroxylation is 1. The van der Waals surface area contributed by atoms with Crippen molar-refractivity contribution in [2.45, 2.75) is 6.92 Å². The van der Waals surface area contributed by atoms with Gasteiger partial charge in [0.05, 0.1) is 26.5 Å². The van der Waals surface area contributed by atoms with Crippen LogP contribution in [-0.4, -0.2) is 39.8 Å². The predicted octanol–water partition coefficient (Wildman–Crippen LogP) is 1.84. The Morgan fingerprint density at radius 2 is 1.90 bits per heavy atom. The van der Waals surface area contributed by atoms with Crippen LogP contribution in [0.3, 0.4) is 0 Å². The van der Waals surface area contributed by atoms with E-state index in [4.69, 9.17) is 9.47 Å². The Balaban J connectivity index is 2.28. The van der Waals surface area contributed by atoms with Crippen LogP contribution in [0.5, 0.6) is 11.8 Å². The number of aromatic nitrogens is 4. The Morgan fingerprint density at radius 1 is 1.30 bits per heavy atom. The SMILES string of the molecule is COc1cc(OC)nc(NC(=O)n2c(Br)cnc2C)n1. The van der Waals surface area contributed by atoms with E-state index in [0.717, 1.165) is 0 Å². The minimum absolute atomic E-state index is 0.0752. The number of hydrogen-bond donors (Lipinski definition) is 1. The third kappa shape index (κ3) is 2.87. The molecule has 1 N–H and O–H groups in total. The monoisotopic (exact) mass is 341 g/mol. The molecule has 0 atom stereocenters. The van der Waals surface area contributed by atoms with E-state index in [1.165, 1.54) is 31.0 Å². The molecule has 0 aliphatic rings. The number of halogens is 1. The summed E-state index contributed by atoms with van der Waals surface area (Å²) in [7, 11) is 2.92. The van der Waals surface area contributed by atoms with Crippen molar-refractivity contribution in [2.75, 3.05) is 19.5 Å². The molecule has 8 nitrogen and oxygen atoms in total. The molecule has 0 aliphatic carbocycles. The van der Waals surface area contributed by atoms with Gasteiger partial charge in [0.2, 0.25) is 17.7 Å². The topological polar surface area (TPSA) is 91.2 Å². The van der Waals surface area contributed by atoms with Crippen LogP contribution in [0.15, 0.2) is 16.9 Å². The molecular formula is C11H12BrN5O3. The van der Waals surface area contributed by atoms with Crippen LogP contribution in [-0.2, 0) is 0 Å². The first-order chi connectivity index (χ1) is 9.55. The summed E-state index contributed by atoms with van der Waals surface area (Å²) in [6, 6.07) is 1.07. The Hall–Kier alpha value is -2.16. The van der Waals surface area contributed by atoms with E-state index in [0.29, 0.717) is 10.4 Å². The summed E-state index contributed by atoms with van der Waals surface area (Å²) >= 11 is 3.24. The third-order valence-electron chi connectivity index (χ3n) is 2.41. The number of carbonyl (C=O) groups is 1. The van der Waals surface area contributed by atoms with Gasteiger partial charge in [-0.15, -0.1) is 0 Å². The second-order valence-electron chi connectivity index (χ2n) is 3.67. The maximum Gasteiger partial charge on any atom is 0.334 e. The van der Waals surface area contributed by atoms with Crippen molar-refractivity contribution in [3.8, 4) is 11.8 Å². The summed E-state index contributed by atoms with van der Waals surface area (Å²) in [6.07, 6.45) is 1.53. The van der Waals surface area contributed by atoms with Crippen LogP contribution in [0, 0.1) is 6.92 Å². The Morgan fingerprint density at radius 3 is 2.35 bits per heavy atom. The molecule has 2 heterocycles. The zero-order valence-corrected chi connectivity index (χ0v) is 12.6. The van der Waals surface area contributed by atoms with Crippen LogP contribution >= 0.6 is 15.9 Å². The van der Waals surface area contributed by atoms with Crippen molar-refractivity contribution in [3.63, 3.8) is 0 Å². The highest BCUT2D eigenvalue weighted by atomic mass is 79.9. The van der Waals surface area contributed by atoms with E-state index >= 15 is 0 Å². The molecule has 1 amide bonds. The molecule has 2 rings (SSSR count). The molecule has 0 aliphatic heterocycles. The number of methoxy groups -OCH3 is 2. The minimum Gasteiger partial charge on any atom is -0.481 e. The smallest absolute Gasteiger partial charge is 0.334 e. The minimum atomic E-state index is -0.442. The lowest BCUT2D eigenvalue weighted by atomic mass is 10.6. The second kappa shape index (κ2) is 5.87. The van der Waals surface area contributed by atoms with E-state index in [9.17, 15) is 4.79 Å². The number of imidazole rings is 1. The number of nitrogens with one attached hydrogen (secondary N) is 1. The van der Waals surface area contributed by atoms with Gasteiger partial charge in [-0.2, -0.15) is 9.97 Å². The molecule has 0 fully saturated rings. The molecule has 2 aromatic rings. The van der Waals surface area contributed by atoms with Gasteiger partial charge in [-0.3, -0.25) is 5.32 Å². The largest absolute Gasteiger partial charge is 0.481 e. The molecule has 0 aromatic carbocycles. The highest BCUT2D eigenvalue weighted by Crippen LogP contribution is 2.18. The van der Waals surface area contributed by atoms with Gasteiger partial charge >= 0.3 is 6.03 Å². The van der Waals surface area contributed by atoms with Gasteiger partial charge in [0, 0.05) is 0 Å². The van der Waals surface area contributed by atoms with Crippen molar-refractivity contribution < 1.29 is 14.3 Å². The standard InChI is InChI=1S/C11H12BrN5O3/c1-6-13-5-7(12)17(6)11(18)16-10-14-8(19-2)4-9(15-10)20-3/h4-5H,1-3H3,(H,14,15,16,18). The molecule has 0 radical (unpaired) electrons. The van der Waals surface area contributed by atoms with Gasteiger partial charge in [0.25, 0.3) is 0 Å². The highest BCUT2D eigenvalue weighted by Gasteiger charge is 2.15. The number of nitrogens with zero attached hydrogens (tertiary/aromatic N) is 4. The number of hydrogen-bond acceptors (Lipinski definition) is 6. The average molecular weight is 342 g/mol. The zero-order chi connectivity index (χ0) is 14.7. The lowest BCUT2D eigenvalue weighted by Crippen LogP contribution is -2.22. The van der Waals surface area contributed by atoms with Gasteiger partial charge in [-0.05, 0) is 22.9 Å². The summed E-state index contributed by atoms with van der Waals surface area (Å²) in [5.41, 5.74) is 0. The van der Waals surface area contributed by atoms with Gasteiger partial charge in [0.1, 0.15) is 10.4 Å². The van der Waals surface area contributed by atoms with E-state index < -0.39 is 6.03 Å². The lowest BCUT2D eigenvalue weighted by molar-refractivity contribution is 0.252. The number of carbonyl (C=O) groups excluding carboxylic acids is 1. The number of amides is 1. The molecule has 106 valence electrons. The fraction of sp³-hybridized carbons (Fsp3) is 0.273. The lowest BCUT2D eigenvalue weighted by Gasteiger charge is -2.09. The molecule has 20 heavy (non-hydrogen) atoms. The number of anilines is 1. The van der Waals surface area contributed by atoms with Gasteiger partial charge in [-0.1, -0.05) is 0 Å². The van der Waals surface area contributed by atoms with Crippen molar-refractivity contribution in [2.24, 2.45) is 0 Å². The van der Waals surface area contributed by atoms with Crippen molar-refractivity contribution in [3.05, 3.63) is 22.7 Å². The first-order valence-corrected chi connectivity index (χ1v) is 6.32. The van der Waals surface area contributed by atoms with Gasteiger partial charge in [0.15, 0.2) is 0 Å². The normalized spacial score (nSPS) is 10.2. The van der Waals surface area contributed by atoms with Gasteiger partial charge in [-0.25, -0.2) is 14.3 Å². The van der Waals surface area contributed by atoms with Crippen molar-refractivity contribution >= 4 is 27.9 Å². The van der Waals surface area contributed by atoms with Crippen LogP contribution in [0.25, 0.3) is 0 Å². The molecular weight excluding hydrogens is 330 g/mol. The Labute approximate surface area is 123 Å². The van der Waals surface area contributed by atoms with E-state index in [2.05, 4.69) is 36.2 Å². The van der Waals surface area contributed by atoms with E-state index in [-0.39, 0.29) is 17.7 Å². The first kappa shape index (κ1) is 14.3. The molecule has 0 saturated carbocycles. The second-order valence-corrected chi connectivity index (χ2v) is 4.48. The quantitative estimate of drug-likeness (QED) is 0.915. The summed E-state index contributed by atoms with van der Waals surface area (Å²) < 4.78 is 11.9. The molecule has 0 bridgehead atoms. The van der Waals surface area contributed by atoms with E-state index in [1.807, 2.05) is 0 Å². The molecule has 0 saturated heterocycles. The van der Waals surface area contributed by atoms with Gasteiger partial charge < -0.3 is 9.47 Å². The maximum absolute atomic E-state index is 12.1. The first-order valence-electron chi connectivity index (χ1n) is 5.53. The molecule has 0 spiro atoms. The molecule has 0 unspecified atom stereocenters. The van der Waals surface area contributed by atoms with Crippen molar-refractivity contribution in [1.29, 1.82) is 0 Å². The summed E-state index contributed by atoms with van der Waals surface area (Å²) in [5.74, 6) is 1.18. The molecule has 9 heteroatoms. The average Bonchev–Trinajstić information content (AvgIpc) is 2.77. The van der Waals surface area contributed by atoms with Crippen LogP contribution < -0.4 is 14.8 Å². The Bertz CT molecular complexity index is 601. The van der Waals surface area contributed by atoms with Crippen LogP contribution in [0.1, 0.15) is 5.82 Å². The predicted molar refractivity (Wildman–Crippen MR) is 74.2 cm³/mol. The maximum atomic E-state index is 12.1. The van der Waals surface area contributed by atoms with Crippen LogP contribution in [0.4, 0.5) is 10.7 Å². The number of ether oxygens (including phenoxy) is 2. The summed E-state index contributed by atoms with van der Waals surface area (Å²) in [6.45, 7) is 1.71. The fourth-order valence-electron chi connectivity index (χ4n) is 1.48. The fourth-order valence-corrected chi connectivity index (χ4v) is 2.00. The molecule has 2 aromatic heterocycles. The summed E-state index contributed by atoms with van der Waals surface area (Å²) in [4.78, 5) is 24.2. The zero-order valence-electron chi connectivity index (χ0n) is 11.0. The third-order valence-corrected chi connectivity index (χ3v) is 2.97.